The second kappa shape index (κ2) is 5.58. The molecule has 20 heavy (non-hydrogen) atoms. The van der Waals surface area contributed by atoms with Gasteiger partial charge in [-0.25, -0.2) is 4.39 Å². The van der Waals surface area contributed by atoms with Crippen LogP contribution in [0.25, 0.3) is 0 Å². The molecule has 102 valence electrons. The predicted molar refractivity (Wildman–Crippen MR) is 77.2 cm³/mol. The predicted octanol–water partition coefficient (Wildman–Crippen LogP) is 4.06. The van der Waals surface area contributed by atoms with Gasteiger partial charge in [-0.1, -0.05) is 36.4 Å². The van der Waals surface area contributed by atoms with Crippen molar-refractivity contribution < 1.29 is 9.18 Å². The van der Waals surface area contributed by atoms with E-state index in [1.165, 1.54) is 23.3 Å². The van der Waals surface area contributed by atoms with E-state index >= 15 is 0 Å². The van der Waals surface area contributed by atoms with E-state index in [9.17, 15) is 9.18 Å². The fourth-order valence-electron chi connectivity index (χ4n) is 3.02. The molecular formula is C18H17FO. The Bertz CT molecular complexity index is 616. The molecule has 0 radical (unpaired) electrons. The van der Waals surface area contributed by atoms with Crippen LogP contribution in [0.1, 0.15) is 35.4 Å². The normalized spacial score (nSPS) is 17.6. The van der Waals surface area contributed by atoms with E-state index < -0.39 is 0 Å². The topological polar surface area (TPSA) is 17.1 Å². The maximum atomic E-state index is 12.9. The number of benzene rings is 2. The summed E-state index contributed by atoms with van der Waals surface area (Å²) >= 11 is 0. The summed E-state index contributed by atoms with van der Waals surface area (Å²) in [5.74, 6) is -0.0158. The van der Waals surface area contributed by atoms with Gasteiger partial charge in [0, 0.05) is 12.3 Å². The maximum Gasteiger partial charge on any atom is 0.144 e. The second-order valence-corrected chi connectivity index (χ2v) is 5.41. The van der Waals surface area contributed by atoms with E-state index in [1.807, 2.05) is 12.1 Å². The first-order valence-corrected chi connectivity index (χ1v) is 7.09. The van der Waals surface area contributed by atoms with Crippen molar-refractivity contribution in [2.45, 2.75) is 31.6 Å². The van der Waals surface area contributed by atoms with Gasteiger partial charge in [0.25, 0.3) is 0 Å². The minimum Gasteiger partial charge on any atom is -0.299 e. The quantitative estimate of drug-likeness (QED) is 0.820. The molecule has 0 bridgehead atoms. The summed E-state index contributed by atoms with van der Waals surface area (Å²) in [6, 6.07) is 14.4. The molecule has 0 saturated heterocycles. The molecule has 2 aromatic carbocycles. The van der Waals surface area contributed by atoms with Crippen LogP contribution in [-0.4, -0.2) is 5.78 Å². The number of hydrogen-bond acceptors (Lipinski definition) is 1. The minimum absolute atomic E-state index is 0.00463. The van der Waals surface area contributed by atoms with Crippen LogP contribution in [-0.2, 0) is 17.6 Å². The third kappa shape index (κ3) is 2.64. The zero-order chi connectivity index (χ0) is 13.9. The zero-order valence-electron chi connectivity index (χ0n) is 11.3. The van der Waals surface area contributed by atoms with Gasteiger partial charge >= 0.3 is 0 Å². The Kier molecular flexibility index (Phi) is 3.64. The van der Waals surface area contributed by atoms with Gasteiger partial charge in [-0.05, 0) is 48.1 Å². The number of fused-ring (bicyclic) bond motifs is 1. The van der Waals surface area contributed by atoms with E-state index in [-0.39, 0.29) is 17.5 Å². The van der Waals surface area contributed by atoms with Crippen LogP contribution < -0.4 is 0 Å². The lowest BCUT2D eigenvalue weighted by atomic mass is 9.79. The summed E-state index contributed by atoms with van der Waals surface area (Å²) in [6.07, 6.45) is 3.45. The Hall–Kier alpha value is -1.96. The highest BCUT2D eigenvalue weighted by atomic mass is 19.1. The van der Waals surface area contributed by atoms with Crippen LogP contribution in [0.4, 0.5) is 4.39 Å². The van der Waals surface area contributed by atoms with E-state index in [0.29, 0.717) is 6.42 Å². The fraction of sp³-hybridized carbons (Fsp3) is 0.278. The first-order chi connectivity index (χ1) is 9.74. The first-order valence-electron chi connectivity index (χ1n) is 7.09. The monoisotopic (exact) mass is 268 g/mol. The lowest BCUT2D eigenvalue weighted by molar-refractivity contribution is -0.120. The lowest BCUT2D eigenvalue weighted by Gasteiger charge is -2.24. The van der Waals surface area contributed by atoms with E-state index in [4.69, 9.17) is 0 Å². The molecule has 3 rings (SSSR count). The number of rotatable bonds is 3. The summed E-state index contributed by atoms with van der Waals surface area (Å²) in [4.78, 5) is 12.5. The number of hydrogen-bond donors (Lipinski definition) is 0. The second-order valence-electron chi connectivity index (χ2n) is 5.41. The summed E-state index contributed by atoms with van der Waals surface area (Å²) in [5, 5.41) is 0. The molecule has 0 aromatic heterocycles. The molecule has 1 unspecified atom stereocenters. The van der Waals surface area contributed by atoms with Gasteiger partial charge in [-0.15, -0.1) is 0 Å². The lowest BCUT2D eigenvalue weighted by Crippen LogP contribution is -2.20. The molecule has 1 aliphatic rings. The van der Waals surface area contributed by atoms with Crippen molar-refractivity contribution in [2.75, 3.05) is 0 Å². The highest BCUT2D eigenvalue weighted by Crippen LogP contribution is 2.32. The third-order valence-electron chi connectivity index (χ3n) is 4.05. The van der Waals surface area contributed by atoms with E-state index in [0.717, 1.165) is 24.8 Å². The SMILES string of the molecule is O=C(Cc1ccc(F)cc1)C1CCCc2ccccc21. The van der Waals surface area contributed by atoms with Crippen LogP contribution in [0, 0.1) is 5.82 Å². The van der Waals surface area contributed by atoms with Gasteiger partial charge < -0.3 is 0 Å². The molecule has 0 N–H and O–H groups in total. The molecule has 0 heterocycles. The van der Waals surface area contributed by atoms with E-state index in [2.05, 4.69) is 12.1 Å². The minimum atomic E-state index is -0.260. The van der Waals surface area contributed by atoms with Crippen LogP contribution in [0.15, 0.2) is 48.5 Å². The van der Waals surface area contributed by atoms with E-state index in [1.54, 1.807) is 12.1 Å². The van der Waals surface area contributed by atoms with Gasteiger partial charge in [0.1, 0.15) is 11.6 Å². The maximum absolute atomic E-state index is 12.9. The average Bonchev–Trinajstić information content (AvgIpc) is 2.49. The Morgan fingerprint density at radius 3 is 2.65 bits per heavy atom. The van der Waals surface area contributed by atoms with Crippen LogP contribution >= 0.6 is 0 Å². The van der Waals surface area contributed by atoms with Crippen molar-refractivity contribution in [3.8, 4) is 0 Å². The number of carbonyl (C=O) groups excluding carboxylic acids is 1. The van der Waals surface area contributed by atoms with Crippen molar-refractivity contribution in [2.24, 2.45) is 0 Å². The average molecular weight is 268 g/mol. The summed E-state index contributed by atoms with van der Waals surface area (Å²) in [7, 11) is 0. The summed E-state index contributed by atoms with van der Waals surface area (Å²) < 4.78 is 12.9. The standard InChI is InChI=1S/C18H17FO/c19-15-10-8-13(9-11-15)12-18(20)17-7-3-5-14-4-1-2-6-16(14)17/h1-2,4,6,8-11,17H,3,5,7,12H2. The number of aryl methyl sites for hydroxylation is 1. The molecule has 1 aliphatic carbocycles. The number of ketones is 1. The highest BCUT2D eigenvalue weighted by molar-refractivity contribution is 5.88. The first kappa shape index (κ1) is 13.0. The van der Waals surface area contributed by atoms with Crippen LogP contribution in [0.5, 0.6) is 0 Å². The van der Waals surface area contributed by atoms with Gasteiger partial charge in [0.05, 0.1) is 0 Å². The smallest absolute Gasteiger partial charge is 0.144 e. The molecule has 2 aromatic rings. The Balaban J connectivity index is 1.80. The van der Waals surface area contributed by atoms with Gasteiger partial charge in [-0.2, -0.15) is 0 Å². The number of Topliss-reactive ketones (excluding diaryl/α,β-unsaturated/α-hetero) is 1. The molecule has 0 amide bonds. The van der Waals surface area contributed by atoms with Gasteiger partial charge in [0.2, 0.25) is 0 Å². The zero-order valence-corrected chi connectivity index (χ0v) is 11.3. The molecule has 0 aliphatic heterocycles. The molecule has 0 fully saturated rings. The largest absolute Gasteiger partial charge is 0.299 e. The Morgan fingerprint density at radius 2 is 1.85 bits per heavy atom. The van der Waals surface area contributed by atoms with Gasteiger partial charge in [-0.3, -0.25) is 4.79 Å². The Labute approximate surface area is 118 Å². The molecule has 0 saturated carbocycles. The summed E-state index contributed by atoms with van der Waals surface area (Å²) in [6.45, 7) is 0. The number of carbonyl (C=O) groups is 1. The van der Waals surface area contributed by atoms with Crippen molar-refractivity contribution >= 4 is 5.78 Å². The highest BCUT2D eigenvalue weighted by Gasteiger charge is 2.25. The van der Waals surface area contributed by atoms with Crippen molar-refractivity contribution in [3.63, 3.8) is 0 Å². The third-order valence-corrected chi connectivity index (χ3v) is 4.05. The van der Waals surface area contributed by atoms with Gasteiger partial charge in [0.15, 0.2) is 0 Å². The van der Waals surface area contributed by atoms with Crippen LogP contribution in [0.3, 0.4) is 0 Å². The molecule has 2 heteroatoms. The van der Waals surface area contributed by atoms with Crippen molar-refractivity contribution in [1.82, 2.24) is 0 Å². The summed E-state index contributed by atoms with van der Waals surface area (Å²) in [5.41, 5.74) is 3.38. The van der Waals surface area contributed by atoms with Crippen molar-refractivity contribution in [3.05, 3.63) is 71.0 Å². The fourth-order valence-corrected chi connectivity index (χ4v) is 3.02. The molecular weight excluding hydrogens is 251 g/mol. The molecule has 1 nitrogen and oxygen atoms in total. The number of halogens is 1. The molecule has 1 atom stereocenters. The Morgan fingerprint density at radius 1 is 1.10 bits per heavy atom. The molecule has 0 spiro atoms. The van der Waals surface area contributed by atoms with Crippen LogP contribution in [0.2, 0.25) is 0 Å². The van der Waals surface area contributed by atoms with Crippen molar-refractivity contribution in [1.29, 1.82) is 0 Å².